The first-order chi connectivity index (χ1) is 8.13. The zero-order valence-corrected chi connectivity index (χ0v) is 11.3. The van der Waals surface area contributed by atoms with Gasteiger partial charge >= 0.3 is 0 Å². The Morgan fingerprint density at radius 3 is 3.00 bits per heavy atom. The van der Waals surface area contributed by atoms with Crippen LogP contribution in [0.25, 0.3) is 0 Å². The van der Waals surface area contributed by atoms with Gasteiger partial charge in [0, 0.05) is 6.42 Å². The fourth-order valence-corrected chi connectivity index (χ4v) is 2.86. The Balaban J connectivity index is 1.89. The van der Waals surface area contributed by atoms with Crippen LogP contribution in [0.5, 0.6) is 0 Å². The second kappa shape index (κ2) is 5.50. The molecule has 0 fully saturated rings. The molecule has 2 aromatic heterocycles. The highest BCUT2D eigenvalue weighted by Crippen LogP contribution is 2.28. The van der Waals surface area contributed by atoms with Gasteiger partial charge in [0.15, 0.2) is 11.0 Å². The standard InChI is InChI=1S/C10H14N4OS2/c1-6(2)3-7-13-8(15-14-7)5-16-9-4-12-10(11)17-9/h4,6H,3,5H2,1-2H3,(H2,11,12). The SMILES string of the molecule is CC(C)Cc1noc(CSc2cnc(N)s2)n1. The van der Waals surface area contributed by atoms with E-state index in [9.17, 15) is 0 Å². The highest BCUT2D eigenvalue weighted by Gasteiger charge is 2.09. The monoisotopic (exact) mass is 270 g/mol. The summed E-state index contributed by atoms with van der Waals surface area (Å²) in [6, 6.07) is 0. The van der Waals surface area contributed by atoms with Crippen LogP contribution in [0.2, 0.25) is 0 Å². The van der Waals surface area contributed by atoms with E-state index in [-0.39, 0.29) is 0 Å². The Morgan fingerprint density at radius 2 is 2.35 bits per heavy atom. The zero-order valence-electron chi connectivity index (χ0n) is 9.71. The van der Waals surface area contributed by atoms with Gasteiger partial charge < -0.3 is 10.3 Å². The molecule has 2 heterocycles. The van der Waals surface area contributed by atoms with Crippen molar-refractivity contribution in [3.8, 4) is 0 Å². The summed E-state index contributed by atoms with van der Waals surface area (Å²) >= 11 is 3.07. The number of anilines is 1. The molecule has 92 valence electrons. The summed E-state index contributed by atoms with van der Waals surface area (Å²) < 4.78 is 6.23. The summed E-state index contributed by atoms with van der Waals surface area (Å²) in [5, 5.41) is 4.52. The number of thioether (sulfide) groups is 1. The summed E-state index contributed by atoms with van der Waals surface area (Å²) in [6.45, 7) is 4.26. The number of nitrogens with zero attached hydrogens (tertiary/aromatic N) is 3. The van der Waals surface area contributed by atoms with Crippen LogP contribution in [0, 0.1) is 5.92 Å². The minimum atomic E-state index is 0.536. The Bertz CT molecular complexity index is 480. The topological polar surface area (TPSA) is 77.8 Å². The van der Waals surface area contributed by atoms with Crippen LogP contribution >= 0.6 is 23.1 Å². The number of nitrogen functional groups attached to an aromatic ring is 1. The van der Waals surface area contributed by atoms with Gasteiger partial charge in [0.25, 0.3) is 0 Å². The highest BCUT2D eigenvalue weighted by molar-refractivity contribution is 8.00. The fourth-order valence-electron chi connectivity index (χ4n) is 1.27. The second-order valence-corrected chi connectivity index (χ2v) is 6.35. The smallest absolute Gasteiger partial charge is 0.237 e. The molecule has 2 N–H and O–H groups in total. The molecule has 2 rings (SSSR count). The summed E-state index contributed by atoms with van der Waals surface area (Å²) in [4.78, 5) is 8.31. The predicted octanol–water partition coefficient (Wildman–Crippen LogP) is 2.60. The number of rotatable bonds is 5. The molecule has 0 saturated heterocycles. The minimum Gasteiger partial charge on any atom is -0.375 e. The van der Waals surface area contributed by atoms with Crippen molar-refractivity contribution in [3.05, 3.63) is 17.9 Å². The first-order valence-electron chi connectivity index (χ1n) is 5.29. The average molecular weight is 270 g/mol. The van der Waals surface area contributed by atoms with Gasteiger partial charge in [-0.05, 0) is 5.92 Å². The third-order valence-corrected chi connectivity index (χ3v) is 3.95. The number of nitrogens with two attached hydrogens (primary N) is 1. The van der Waals surface area contributed by atoms with Crippen molar-refractivity contribution >= 4 is 28.2 Å². The number of aromatic nitrogens is 3. The van der Waals surface area contributed by atoms with Crippen LogP contribution < -0.4 is 5.73 Å². The van der Waals surface area contributed by atoms with Gasteiger partial charge in [0.05, 0.1) is 16.2 Å². The molecular weight excluding hydrogens is 256 g/mol. The lowest BCUT2D eigenvalue weighted by atomic mass is 10.1. The fraction of sp³-hybridized carbons (Fsp3) is 0.500. The molecule has 0 bridgehead atoms. The van der Waals surface area contributed by atoms with E-state index < -0.39 is 0 Å². The summed E-state index contributed by atoms with van der Waals surface area (Å²) in [6.07, 6.45) is 2.61. The maximum atomic E-state index is 5.55. The van der Waals surface area contributed by atoms with E-state index in [1.165, 1.54) is 11.3 Å². The third-order valence-electron chi connectivity index (χ3n) is 1.94. The second-order valence-electron chi connectivity index (χ2n) is 4.01. The molecule has 7 heteroatoms. The van der Waals surface area contributed by atoms with Crippen LogP contribution in [0.4, 0.5) is 5.13 Å². The van der Waals surface area contributed by atoms with E-state index in [1.54, 1.807) is 18.0 Å². The van der Waals surface area contributed by atoms with Gasteiger partial charge in [-0.25, -0.2) is 4.98 Å². The van der Waals surface area contributed by atoms with Gasteiger partial charge in [-0.2, -0.15) is 4.98 Å². The van der Waals surface area contributed by atoms with Crippen LogP contribution in [0.15, 0.2) is 14.9 Å². The normalized spacial score (nSPS) is 11.2. The lowest BCUT2D eigenvalue weighted by Gasteiger charge is -1.96. The Kier molecular flexibility index (Phi) is 4.01. The molecular formula is C10H14N4OS2. The van der Waals surface area contributed by atoms with Crippen LogP contribution in [-0.2, 0) is 12.2 Å². The van der Waals surface area contributed by atoms with Crippen molar-refractivity contribution in [3.63, 3.8) is 0 Å². The summed E-state index contributed by atoms with van der Waals surface area (Å²) in [5.41, 5.74) is 5.55. The maximum absolute atomic E-state index is 5.55. The molecule has 0 radical (unpaired) electrons. The van der Waals surface area contributed by atoms with Crippen molar-refractivity contribution in [2.24, 2.45) is 5.92 Å². The van der Waals surface area contributed by atoms with Gasteiger partial charge in [0.1, 0.15) is 0 Å². The Labute approximate surface area is 108 Å². The Hall–Kier alpha value is -1.08. The van der Waals surface area contributed by atoms with E-state index >= 15 is 0 Å². The van der Waals surface area contributed by atoms with Crippen molar-refractivity contribution in [2.45, 2.75) is 30.2 Å². The minimum absolute atomic E-state index is 0.536. The molecule has 0 saturated carbocycles. The predicted molar refractivity (Wildman–Crippen MR) is 68.9 cm³/mol. The molecule has 17 heavy (non-hydrogen) atoms. The average Bonchev–Trinajstić information content (AvgIpc) is 2.84. The van der Waals surface area contributed by atoms with Gasteiger partial charge in [-0.15, -0.1) is 11.8 Å². The van der Waals surface area contributed by atoms with E-state index in [0.717, 1.165) is 16.5 Å². The number of hydrogen-bond acceptors (Lipinski definition) is 7. The van der Waals surface area contributed by atoms with Crippen molar-refractivity contribution in [1.82, 2.24) is 15.1 Å². The quantitative estimate of drug-likeness (QED) is 0.841. The van der Waals surface area contributed by atoms with Gasteiger partial charge in [0.2, 0.25) is 5.89 Å². The molecule has 0 atom stereocenters. The molecule has 2 aromatic rings. The molecule has 0 aliphatic rings. The van der Waals surface area contributed by atoms with Crippen molar-refractivity contribution in [1.29, 1.82) is 0 Å². The molecule has 5 nitrogen and oxygen atoms in total. The molecule has 0 unspecified atom stereocenters. The van der Waals surface area contributed by atoms with Crippen molar-refractivity contribution in [2.75, 3.05) is 5.73 Å². The molecule has 0 spiro atoms. The zero-order chi connectivity index (χ0) is 12.3. The van der Waals surface area contributed by atoms with Crippen molar-refractivity contribution < 1.29 is 4.52 Å². The van der Waals surface area contributed by atoms with Gasteiger partial charge in [-0.1, -0.05) is 30.3 Å². The first kappa shape index (κ1) is 12.4. The molecule has 0 aromatic carbocycles. The lowest BCUT2D eigenvalue weighted by Crippen LogP contribution is -1.96. The number of hydrogen-bond donors (Lipinski definition) is 1. The molecule has 0 aliphatic heterocycles. The van der Waals surface area contributed by atoms with Crippen LogP contribution in [0.1, 0.15) is 25.6 Å². The summed E-state index contributed by atoms with van der Waals surface area (Å²) in [5.74, 6) is 2.62. The first-order valence-corrected chi connectivity index (χ1v) is 7.09. The molecule has 0 amide bonds. The number of thiazole rings is 1. The maximum Gasteiger partial charge on any atom is 0.237 e. The van der Waals surface area contributed by atoms with E-state index in [4.69, 9.17) is 10.3 Å². The summed E-state index contributed by atoms with van der Waals surface area (Å²) in [7, 11) is 0. The van der Waals surface area contributed by atoms with Crippen LogP contribution in [-0.4, -0.2) is 15.1 Å². The highest BCUT2D eigenvalue weighted by atomic mass is 32.2. The Morgan fingerprint density at radius 1 is 1.53 bits per heavy atom. The van der Waals surface area contributed by atoms with Gasteiger partial charge in [-0.3, -0.25) is 0 Å². The lowest BCUT2D eigenvalue weighted by molar-refractivity contribution is 0.382. The van der Waals surface area contributed by atoms with E-state index in [0.29, 0.717) is 22.7 Å². The van der Waals surface area contributed by atoms with E-state index in [2.05, 4.69) is 29.0 Å². The largest absolute Gasteiger partial charge is 0.375 e. The van der Waals surface area contributed by atoms with Crippen LogP contribution in [0.3, 0.4) is 0 Å². The molecule has 0 aliphatic carbocycles. The van der Waals surface area contributed by atoms with E-state index in [1.807, 2.05) is 0 Å². The third kappa shape index (κ3) is 3.71.